The van der Waals surface area contributed by atoms with Crippen molar-refractivity contribution in [1.82, 2.24) is 15.0 Å². The molecule has 4 N–H and O–H groups in total. The van der Waals surface area contributed by atoms with Crippen LogP contribution >= 0.6 is 0 Å². The van der Waals surface area contributed by atoms with Gasteiger partial charge in [0.1, 0.15) is 16.3 Å². The predicted molar refractivity (Wildman–Crippen MR) is 104 cm³/mol. The van der Waals surface area contributed by atoms with Gasteiger partial charge in [-0.1, -0.05) is 6.92 Å². The van der Waals surface area contributed by atoms with Crippen molar-refractivity contribution in [3.05, 3.63) is 17.8 Å². The van der Waals surface area contributed by atoms with Crippen LogP contribution in [0.1, 0.15) is 50.4 Å². The second kappa shape index (κ2) is 7.37. The van der Waals surface area contributed by atoms with E-state index in [2.05, 4.69) is 35.8 Å². The Bertz CT molecular complexity index is 818. The van der Waals surface area contributed by atoms with Gasteiger partial charge in [0.25, 0.3) is 5.91 Å². The molecule has 2 atom stereocenters. The Morgan fingerprint density at radius 1 is 1.44 bits per heavy atom. The van der Waals surface area contributed by atoms with Gasteiger partial charge >= 0.3 is 0 Å². The lowest BCUT2D eigenvalue weighted by Gasteiger charge is -2.34. The third-order valence-corrected chi connectivity index (χ3v) is 6.94. The van der Waals surface area contributed by atoms with Crippen LogP contribution in [0.4, 0.5) is 5.82 Å². The highest BCUT2D eigenvalue weighted by molar-refractivity contribution is 7.89. The number of rotatable bonds is 5. The number of carbonyl (C=O) groups excluding carboxylic acids is 1. The lowest BCUT2D eigenvalue weighted by Crippen LogP contribution is -2.46. The molecule has 2 saturated heterocycles. The monoisotopic (exact) mass is 395 g/mol. The molecule has 2 aliphatic rings. The number of aromatic nitrogens is 1. The highest BCUT2D eigenvalue weighted by Crippen LogP contribution is 2.38. The number of primary amides is 1. The molecule has 8 nitrogen and oxygen atoms in total. The third-order valence-electron chi connectivity index (χ3n) is 5.38. The summed E-state index contributed by atoms with van der Waals surface area (Å²) in [6.07, 6.45) is 4.02. The van der Waals surface area contributed by atoms with E-state index in [1.807, 2.05) is 4.90 Å². The van der Waals surface area contributed by atoms with E-state index in [4.69, 9.17) is 5.73 Å². The molecule has 0 spiro atoms. The normalized spacial score (nSPS) is 25.5. The van der Waals surface area contributed by atoms with E-state index in [0.717, 1.165) is 25.8 Å². The number of nitrogens with zero attached hydrogens (tertiary/aromatic N) is 2. The van der Waals surface area contributed by atoms with Crippen molar-refractivity contribution in [2.24, 2.45) is 11.7 Å². The molecule has 0 radical (unpaired) electrons. The molecule has 27 heavy (non-hydrogen) atoms. The fourth-order valence-corrected chi connectivity index (χ4v) is 5.76. The summed E-state index contributed by atoms with van der Waals surface area (Å²) in [6, 6.07) is 1.15. The van der Waals surface area contributed by atoms with Crippen molar-refractivity contribution in [2.45, 2.75) is 56.5 Å². The lowest BCUT2D eigenvalue weighted by molar-refractivity contribution is 0.0997. The average molecular weight is 396 g/mol. The minimum Gasteiger partial charge on any atom is -0.365 e. The number of pyridine rings is 1. The quantitative estimate of drug-likeness (QED) is 0.680. The first-order valence-electron chi connectivity index (χ1n) is 9.41. The first-order valence-corrected chi connectivity index (χ1v) is 10.9. The summed E-state index contributed by atoms with van der Waals surface area (Å²) in [5.41, 5.74) is 5.36. The maximum Gasteiger partial charge on any atom is 0.253 e. The van der Waals surface area contributed by atoms with Crippen LogP contribution in [-0.4, -0.2) is 50.5 Å². The van der Waals surface area contributed by atoms with Crippen molar-refractivity contribution >= 4 is 21.7 Å². The van der Waals surface area contributed by atoms with Crippen LogP contribution in [0.5, 0.6) is 0 Å². The van der Waals surface area contributed by atoms with Crippen LogP contribution < -0.4 is 20.7 Å². The molecule has 2 fully saturated rings. The molecular weight excluding hydrogens is 366 g/mol. The van der Waals surface area contributed by atoms with Crippen LogP contribution in [0, 0.1) is 5.92 Å². The van der Waals surface area contributed by atoms with Gasteiger partial charge < -0.3 is 16.0 Å². The van der Waals surface area contributed by atoms with Gasteiger partial charge in [-0.2, -0.15) is 0 Å². The number of hydrogen-bond acceptors (Lipinski definition) is 6. The smallest absolute Gasteiger partial charge is 0.253 e. The lowest BCUT2D eigenvalue weighted by atomic mass is 9.97. The Kier molecular flexibility index (Phi) is 5.47. The summed E-state index contributed by atoms with van der Waals surface area (Å²) in [5.74, 6) is -0.0219. The highest BCUT2D eigenvalue weighted by Gasteiger charge is 2.40. The fraction of sp³-hybridized carbons (Fsp3) is 0.667. The van der Waals surface area contributed by atoms with Gasteiger partial charge in [-0.25, -0.2) is 18.1 Å². The van der Waals surface area contributed by atoms with E-state index >= 15 is 0 Å². The molecule has 0 aliphatic carbocycles. The Morgan fingerprint density at radius 2 is 2.19 bits per heavy atom. The second-order valence-corrected chi connectivity index (χ2v) is 9.95. The van der Waals surface area contributed by atoms with Gasteiger partial charge in [-0.3, -0.25) is 4.79 Å². The van der Waals surface area contributed by atoms with Crippen molar-refractivity contribution in [3.8, 4) is 0 Å². The topological polar surface area (TPSA) is 117 Å². The SMILES string of the molecule is C[C@@H]1CN(c2nccc(S(=O)(=O)N[C@@H]3CCCNC3)c2C(N)=O)C(C)(C)C1. The largest absolute Gasteiger partial charge is 0.365 e. The molecule has 150 valence electrons. The second-order valence-electron chi connectivity index (χ2n) is 8.27. The molecule has 9 heteroatoms. The molecule has 0 unspecified atom stereocenters. The number of nitrogens with one attached hydrogen (secondary N) is 2. The van der Waals surface area contributed by atoms with Gasteiger partial charge in [0, 0.05) is 30.9 Å². The van der Waals surface area contributed by atoms with Crippen molar-refractivity contribution in [1.29, 1.82) is 0 Å². The molecule has 2 aliphatic heterocycles. The number of amides is 1. The molecule has 1 aromatic rings. The number of nitrogens with two attached hydrogens (primary N) is 1. The predicted octanol–water partition coefficient (Wildman–Crippen LogP) is 0.836. The van der Waals surface area contributed by atoms with Gasteiger partial charge in [-0.05, 0) is 51.6 Å². The Balaban J connectivity index is 2.02. The van der Waals surface area contributed by atoms with Crippen molar-refractivity contribution in [2.75, 3.05) is 24.5 Å². The van der Waals surface area contributed by atoms with Gasteiger partial charge in [0.2, 0.25) is 10.0 Å². The van der Waals surface area contributed by atoms with Crippen molar-refractivity contribution in [3.63, 3.8) is 0 Å². The number of piperidine rings is 1. The molecule has 0 aromatic carbocycles. The van der Waals surface area contributed by atoms with Crippen LogP contribution in [0.2, 0.25) is 0 Å². The van der Waals surface area contributed by atoms with E-state index in [9.17, 15) is 13.2 Å². The van der Waals surface area contributed by atoms with Gasteiger partial charge in [0.05, 0.1) is 0 Å². The Labute approximate surface area is 161 Å². The number of anilines is 1. The fourth-order valence-electron chi connectivity index (χ4n) is 4.29. The maximum atomic E-state index is 13.0. The average Bonchev–Trinajstić information content (AvgIpc) is 2.86. The summed E-state index contributed by atoms with van der Waals surface area (Å²) < 4.78 is 28.8. The first kappa shape index (κ1) is 20.0. The summed E-state index contributed by atoms with van der Waals surface area (Å²) in [6.45, 7) is 8.41. The molecule has 0 bridgehead atoms. The molecule has 1 amide bonds. The number of sulfonamides is 1. The van der Waals surface area contributed by atoms with Crippen LogP contribution in [0.15, 0.2) is 17.2 Å². The van der Waals surface area contributed by atoms with E-state index in [-0.39, 0.29) is 22.0 Å². The number of carbonyl (C=O) groups is 1. The zero-order valence-electron chi connectivity index (χ0n) is 16.2. The minimum atomic E-state index is -3.90. The Morgan fingerprint density at radius 3 is 2.74 bits per heavy atom. The minimum absolute atomic E-state index is 0.0315. The van der Waals surface area contributed by atoms with Crippen molar-refractivity contribution < 1.29 is 13.2 Å². The van der Waals surface area contributed by atoms with Crippen LogP contribution in [-0.2, 0) is 10.0 Å². The van der Waals surface area contributed by atoms with E-state index in [1.165, 1.54) is 12.3 Å². The summed E-state index contributed by atoms with van der Waals surface area (Å²) in [7, 11) is -3.90. The Hall–Kier alpha value is -1.71. The zero-order valence-corrected chi connectivity index (χ0v) is 17.0. The van der Waals surface area contributed by atoms with Gasteiger partial charge in [-0.15, -0.1) is 0 Å². The highest BCUT2D eigenvalue weighted by atomic mass is 32.2. The van der Waals surface area contributed by atoms with E-state index in [1.54, 1.807) is 0 Å². The van der Waals surface area contributed by atoms with Crippen LogP contribution in [0.25, 0.3) is 0 Å². The molecule has 1 aromatic heterocycles. The van der Waals surface area contributed by atoms with Crippen LogP contribution in [0.3, 0.4) is 0 Å². The number of hydrogen-bond donors (Lipinski definition) is 3. The summed E-state index contributed by atoms with van der Waals surface area (Å²) >= 11 is 0. The molecule has 3 heterocycles. The van der Waals surface area contributed by atoms with E-state index < -0.39 is 15.9 Å². The molecular formula is C18H29N5O3S. The third kappa shape index (κ3) is 4.09. The zero-order chi connectivity index (χ0) is 19.8. The standard InChI is InChI=1S/C18H29N5O3S/c1-12-9-18(2,3)23(11-12)17-15(16(19)24)14(6-8-21-17)27(25,26)22-13-5-4-7-20-10-13/h6,8,12-13,20,22H,4-5,7,9-11H2,1-3H3,(H2,19,24)/t12-,13+/m0/s1. The van der Waals surface area contributed by atoms with Gasteiger partial charge in [0.15, 0.2) is 0 Å². The molecule has 3 rings (SSSR count). The maximum absolute atomic E-state index is 13.0. The molecule has 0 saturated carbocycles. The summed E-state index contributed by atoms with van der Waals surface area (Å²) in [4.78, 5) is 18.5. The van der Waals surface area contributed by atoms with E-state index in [0.29, 0.717) is 24.8 Å². The first-order chi connectivity index (χ1) is 12.6. The summed E-state index contributed by atoms with van der Waals surface area (Å²) in [5, 5.41) is 3.18.